The lowest BCUT2D eigenvalue weighted by Gasteiger charge is -2.11. The number of rotatable bonds is 8. The summed E-state index contributed by atoms with van der Waals surface area (Å²) < 4.78 is 9.84. The van der Waals surface area contributed by atoms with Crippen molar-refractivity contribution in [3.05, 3.63) is 35.9 Å². The molecule has 0 saturated carbocycles. The molecule has 1 aromatic rings. The lowest BCUT2D eigenvalue weighted by Crippen LogP contribution is -2.20. The van der Waals surface area contributed by atoms with Crippen LogP contribution >= 0.6 is 0 Å². The molecule has 1 aromatic carbocycles. The predicted molar refractivity (Wildman–Crippen MR) is 72.2 cm³/mol. The van der Waals surface area contributed by atoms with Crippen LogP contribution in [0.4, 0.5) is 0 Å². The van der Waals surface area contributed by atoms with Crippen molar-refractivity contribution in [3.8, 4) is 0 Å². The Hall–Kier alpha value is -2.17. The average molecular weight is 278 g/mol. The first-order valence-electron chi connectivity index (χ1n) is 6.54. The van der Waals surface area contributed by atoms with Gasteiger partial charge in [0.1, 0.15) is 0 Å². The maximum absolute atomic E-state index is 11.7. The van der Waals surface area contributed by atoms with E-state index in [1.807, 2.05) is 0 Å². The Balaban J connectivity index is 2.38. The molecule has 0 aliphatic carbocycles. The summed E-state index contributed by atoms with van der Waals surface area (Å²) in [6, 6.07) is 8.44. The van der Waals surface area contributed by atoms with Crippen LogP contribution in [-0.2, 0) is 19.1 Å². The van der Waals surface area contributed by atoms with Crippen LogP contribution < -0.4 is 0 Å². The first-order chi connectivity index (χ1) is 9.67. The molecule has 0 unspecified atom stereocenters. The molecular weight excluding hydrogens is 260 g/mol. The van der Waals surface area contributed by atoms with Crippen LogP contribution in [0.25, 0.3) is 0 Å². The number of aldehydes is 1. The molecule has 0 bridgehead atoms. The largest absolute Gasteiger partial charge is 0.466 e. The summed E-state index contributed by atoms with van der Waals surface area (Å²) in [4.78, 5) is 33.8. The maximum Gasteiger partial charge on any atom is 0.338 e. The van der Waals surface area contributed by atoms with Gasteiger partial charge in [0.2, 0.25) is 0 Å². The molecule has 0 amide bonds. The Labute approximate surface area is 117 Å². The fourth-order valence-electron chi connectivity index (χ4n) is 1.62. The highest BCUT2D eigenvalue weighted by atomic mass is 16.5. The Kier molecular flexibility index (Phi) is 7.03. The molecule has 108 valence electrons. The Bertz CT molecular complexity index is 441. The molecule has 0 heterocycles. The van der Waals surface area contributed by atoms with Crippen molar-refractivity contribution in [2.75, 3.05) is 6.61 Å². The molecule has 1 rings (SSSR count). The first-order valence-corrected chi connectivity index (χ1v) is 6.54. The summed E-state index contributed by atoms with van der Waals surface area (Å²) in [6.45, 7) is 2.06. The third-order valence-corrected chi connectivity index (χ3v) is 2.59. The summed E-state index contributed by atoms with van der Waals surface area (Å²) in [5.41, 5.74) is 0.393. The molecule has 0 aromatic heterocycles. The number of esters is 2. The molecule has 1 atom stereocenters. The predicted octanol–water partition coefficient (Wildman–Crippen LogP) is 2.14. The fraction of sp³-hybridized carbons (Fsp3) is 0.400. The lowest BCUT2D eigenvalue weighted by molar-refractivity contribution is -0.143. The van der Waals surface area contributed by atoms with Crippen molar-refractivity contribution < 1.29 is 23.9 Å². The van der Waals surface area contributed by atoms with Gasteiger partial charge in [-0.05, 0) is 31.9 Å². The standard InChI is InChI=1S/C15H18O5/c1-2-19-14(17)10-6-9-13(11-16)20-15(18)12-7-4-3-5-8-12/h3-5,7-8,11,13H,2,6,9-10H2,1H3/t13-/m0/s1. The Morgan fingerprint density at radius 3 is 2.55 bits per heavy atom. The number of hydrogen-bond acceptors (Lipinski definition) is 5. The zero-order chi connectivity index (χ0) is 14.8. The van der Waals surface area contributed by atoms with Crippen molar-refractivity contribution in [1.29, 1.82) is 0 Å². The van der Waals surface area contributed by atoms with Crippen molar-refractivity contribution in [3.63, 3.8) is 0 Å². The molecule has 5 heteroatoms. The average Bonchev–Trinajstić information content (AvgIpc) is 2.47. The molecule has 0 saturated heterocycles. The minimum atomic E-state index is -0.836. The lowest BCUT2D eigenvalue weighted by atomic mass is 10.1. The van der Waals surface area contributed by atoms with Crippen molar-refractivity contribution in [2.24, 2.45) is 0 Å². The van der Waals surface area contributed by atoms with Crippen molar-refractivity contribution in [1.82, 2.24) is 0 Å². The van der Waals surface area contributed by atoms with Crippen molar-refractivity contribution >= 4 is 18.2 Å². The van der Waals surface area contributed by atoms with Crippen LogP contribution in [-0.4, -0.2) is 30.9 Å². The van der Waals surface area contributed by atoms with Gasteiger partial charge in [0.25, 0.3) is 0 Å². The van der Waals surface area contributed by atoms with Gasteiger partial charge in [0.05, 0.1) is 12.2 Å². The van der Waals surface area contributed by atoms with E-state index >= 15 is 0 Å². The van der Waals surface area contributed by atoms with Gasteiger partial charge in [0, 0.05) is 6.42 Å². The number of carbonyl (C=O) groups is 3. The Morgan fingerprint density at radius 1 is 1.25 bits per heavy atom. The van der Waals surface area contributed by atoms with Gasteiger partial charge in [-0.25, -0.2) is 4.79 Å². The van der Waals surface area contributed by atoms with E-state index in [0.717, 1.165) is 0 Å². The summed E-state index contributed by atoms with van der Waals surface area (Å²) in [6.07, 6.45) is 0.690. The Morgan fingerprint density at radius 2 is 1.95 bits per heavy atom. The third kappa shape index (κ3) is 5.65. The minimum Gasteiger partial charge on any atom is -0.466 e. The van der Waals surface area contributed by atoms with E-state index in [1.165, 1.54) is 0 Å². The van der Waals surface area contributed by atoms with E-state index < -0.39 is 12.1 Å². The second-order valence-corrected chi connectivity index (χ2v) is 4.14. The van der Waals surface area contributed by atoms with Gasteiger partial charge in [-0.15, -0.1) is 0 Å². The van der Waals surface area contributed by atoms with Crippen LogP contribution in [0.1, 0.15) is 36.5 Å². The van der Waals surface area contributed by atoms with E-state index in [-0.39, 0.29) is 12.4 Å². The van der Waals surface area contributed by atoms with E-state index in [4.69, 9.17) is 9.47 Å². The molecular formula is C15H18O5. The van der Waals surface area contributed by atoms with Gasteiger partial charge >= 0.3 is 11.9 Å². The summed E-state index contributed by atoms with van der Waals surface area (Å²) in [7, 11) is 0. The highest BCUT2D eigenvalue weighted by Crippen LogP contribution is 2.08. The maximum atomic E-state index is 11.7. The second kappa shape index (κ2) is 8.85. The van der Waals surface area contributed by atoms with Gasteiger partial charge in [-0.2, -0.15) is 0 Å². The van der Waals surface area contributed by atoms with E-state index in [0.29, 0.717) is 31.3 Å². The summed E-state index contributed by atoms with van der Waals surface area (Å²) in [5, 5.41) is 0. The third-order valence-electron chi connectivity index (χ3n) is 2.59. The van der Waals surface area contributed by atoms with Crippen LogP contribution in [0.15, 0.2) is 30.3 Å². The normalized spacial score (nSPS) is 11.4. The summed E-state index contributed by atoms with van der Waals surface area (Å²) >= 11 is 0. The highest BCUT2D eigenvalue weighted by Gasteiger charge is 2.15. The van der Waals surface area contributed by atoms with Crippen LogP contribution in [0.3, 0.4) is 0 Å². The molecule has 0 aliphatic rings. The van der Waals surface area contributed by atoms with Crippen molar-refractivity contribution in [2.45, 2.75) is 32.3 Å². The molecule has 0 aliphatic heterocycles. The topological polar surface area (TPSA) is 69.7 Å². The van der Waals surface area contributed by atoms with E-state index in [9.17, 15) is 14.4 Å². The number of benzene rings is 1. The molecule has 20 heavy (non-hydrogen) atoms. The number of ether oxygens (including phenoxy) is 2. The van der Waals surface area contributed by atoms with Crippen LogP contribution in [0, 0.1) is 0 Å². The van der Waals surface area contributed by atoms with Crippen LogP contribution in [0.5, 0.6) is 0 Å². The number of carbonyl (C=O) groups excluding carboxylic acids is 3. The highest BCUT2D eigenvalue weighted by molar-refractivity contribution is 5.90. The zero-order valence-corrected chi connectivity index (χ0v) is 11.4. The van der Waals surface area contributed by atoms with Gasteiger partial charge in [-0.1, -0.05) is 18.2 Å². The molecule has 0 fully saturated rings. The quantitative estimate of drug-likeness (QED) is 0.538. The summed E-state index contributed by atoms with van der Waals surface area (Å²) in [5.74, 6) is -0.856. The molecule has 0 N–H and O–H groups in total. The van der Waals surface area contributed by atoms with E-state index in [1.54, 1.807) is 37.3 Å². The zero-order valence-electron chi connectivity index (χ0n) is 11.4. The monoisotopic (exact) mass is 278 g/mol. The number of hydrogen-bond donors (Lipinski definition) is 0. The van der Waals surface area contributed by atoms with Gasteiger partial charge in [-0.3, -0.25) is 9.59 Å². The smallest absolute Gasteiger partial charge is 0.338 e. The first kappa shape index (κ1) is 15.9. The molecule has 0 radical (unpaired) electrons. The van der Waals surface area contributed by atoms with Gasteiger partial charge < -0.3 is 9.47 Å². The minimum absolute atomic E-state index is 0.209. The van der Waals surface area contributed by atoms with Crippen LogP contribution in [0.2, 0.25) is 0 Å². The van der Waals surface area contributed by atoms with Gasteiger partial charge in [0.15, 0.2) is 12.4 Å². The SMILES string of the molecule is CCOC(=O)CCC[C@@H](C=O)OC(=O)c1ccccc1. The molecule has 5 nitrogen and oxygen atoms in total. The van der Waals surface area contributed by atoms with E-state index in [2.05, 4.69) is 0 Å². The molecule has 0 spiro atoms. The second-order valence-electron chi connectivity index (χ2n) is 4.14. The fourth-order valence-corrected chi connectivity index (χ4v) is 1.62.